The number of nitrogens with zero attached hydrogens (tertiary/aromatic N) is 2. The third-order valence-electron chi connectivity index (χ3n) is 14.7. The van der Waals surface area contributed by atoms with Gasteiger partial charge in [-0.3, -0.25) is 0 Å². The molecule has 0 saturated heterocycles. The van der Waals surface area contributed by atoms with Crippen molar-refractivity contribution in [2.45, 2.75) is 266 Å². The first-order chi connectivity index (χ1) is 55.7. The van der Waals surface area contributed by atoms with Crippen LogP contribution in [0.1, 0.15) is 205 Å². The van der Waals surface area contributed by atoms with Crippen LogP contribution in [-0.4, -0.2) is 212 Å². The number of anilines is 4. The van der Waals surface area contributed by atoms with Crippen LogP contribution in [-0.2, 0) is 73.2 Å². The maximum Gasteiger partial charge on any atom is 0.180 e. The fourth-order valence-corrected chi connectivity index (χ4v) is 14.3. The van der Waals surface area contributed by atoms with Crippen molar-refractivity contribution < 1.29 is 89.5 Å². The SMILES string of the molecule is CC(C)S(=O)(=O)c1ccc(N(C)CCO)cc1.CC(C)S(=O)(=O)c1ccc(NCCO)cc1.CC(C)S(=O)(=O)c1ccc(OCCO)cc1.CCC.CCC.CCC.CCC.CCC.CCC.COCCN(C)c1ccc(S(=O)(=O)C(C)C)cc1.COCCNc1ccc(S(=O)(=O)C(C)C)cc1.COCCOc1ccc(S(=O)(=O)C(C)C)cc1. The Morgan fingerprint density at radius 2 is 0.496 bits per heavy atom. The zero-order valence-corrected chi connectivity index (χ0v) is 82.6. The second kappa shape index (κ2) is 71.0. The number of aliphatic hydroxyl groups is 3. The van der Waals surface area contributed by atoms with Crippen molar-refractivity contribution in [3.05, 3.63) is 146 Å². The smallest absolute Gasteiger partial charge is 0.180 e. The summed E-state index contributed by atoms with van der Waals surface area (Å²) < 4.78 is 167. The quantitative estimate of drug-likeness (QED) is 0.0239. The molecule has 0 spiro atoms. The van der Waals surface area contributed by atoms with Crippen molar-refractivity contribution in [2.24, 2.45) is 0 Å². The minimum absolute atomic E-state index is 0.0477. The summed E-state index contributed by atoms with van der Waals surface area (Å²) in [6, 6.07) is 39.7. The molecule has 6 aromatic carbocycles. The van der Waals surface area contributed by atoms with Gasteiger partial charge in [-0.1, -0.05) is 122 Å². The first-order valence-electron chi connectivity index (χ1n) is 41.2. The van der Waals surface area contributed by atoms with Crippen molar-refractivity contribution in [2.75, 3.05) is 135 Å². The van der Waals surface area contributed by atoms with Gasteiger partial charge in [0.1, 0.15) is 24.7 Å². The molecule has 0 aliphatic rings. The fourth-order valence-electron chi connectivity index (χ4n) is 7.93. The molecule has 0 unspecified atom stereocenters. The molecule has 119 heavy (non-hydrogen) atoms. The Kier molecular flexibility index (Phi) is 73.7. The number of sulfone groups is 6. The molecule has 6 aromatic rings. The van der Waals surface area contributed by atoms with Gasteiger partial charge >= 0.3 is 0 Å². The molecule has 0 amide bonds. The number of ether oxygens (including phenoxy) is 5. The maximum absolute atomic E-state index is 12.0. The molecule has 0 radical (unpaired) electrons. The van der Waals surface area contributed by atoms with Crippen molar-refractivity contribution in [1.82, 2.24) is 0 Å². The first kappa shape index (κ1) is 123. The topological polar surface area (TPSA) is 342 Å². The summed E-state index contributed by atoms with van der Waals surface area (Å²) in [5.41, 5.74) is 3.57. The van der Waals surface area contributed by atoms with E-state index >= 15 is 0 Å². The lowest BCUT2D eigenvalue weighted by Crippen LogP contribution is -2.22. The van der Waals surface area contributed by atoms with Crippen LogP contribution in [0.15, 0.2) is 175 Å². The summed E-state index contributed by atoms with van der Waals surface area (Å²) in [5.74, 6) is 1.20. The number of aliphatic hydroxyl groups excluding tert-OH is 3. The number of hydrogen-bond donors (Lipinski definition) is 5. The lowest BCUT2D eigenvalue weighted by atomic mass is 10.3. The Hall–Kier alpha value is -6.42. The van der Waals surface area contributed by atoms with Gasteiger partial charge in [-0.15, -0.1) is 0 Å². The van der Waals surface area contributed by atoms with E-state index in [-0.39, 0.29) is 26.4 Å². The molecular weight excluding hydrogens is 1640 g/mol. The van der Waals surface area contributed by atoms with Gasteiger partial charge in [-0.05, 0) is 229 Å². The second-order valence-corrected chi connectivity index (χ2v) is 43.4. The van der Waals surface area contributed by atoms with Crippen LogP contribution in [0.3, 0.4) is 0 Å². The molecule has 0 aromatic heterocycles. The Morgan fingerprint density at radius 3 is 0.714 bits per heavy atom. The first-order valence-corrected chi connectivity index (χ1v) is 50.5. The molecule has 0 aliphatic heterocycles. The van der Waals surface area contributed by atoms with Gasteiger partial charge in [0.05, 0.1) is 101 Å². The third-order valence-corrected chi connectivity index (χ3v) is 27.7. The lowest BCUT2D eigenvalue weighted by Gasteiger charge is -2.19. The van der Waals surface area contributed by atoms with Gasteiger partial charge < -0.3 is 59.4 Å². The van der Waals surface area contributed by atoms with E-state index < -0.39 is 90.5 Å². The lowest BCUT2D eigenvalue weighted by molar-refractivity contribution is 0.146. The van der Waals surface area contributed by atoms with Gasteiger partial charge in [0.25, 0.3) is 0 Å². The largest absolute Gasteiger partial charge is 0.491 e. The van der Waals surface area contributed by atoms with Crippen molar-refractivity contribution in [3.63, 3.8) is 0 Å². The van der Waals surface area contributed by atoms with E-state index in [4.69, 9.17) is 39.0 Å². The number of methoxy groups -OCH3 is 3. The van der Waals surface area contributed by atoms with E-state index in [1.165, 1.54) is 50.7 Å². The summed E-state index contributed by atoms with van der Waals surface area (Å²) in [6.07, 6.45) is 7.50. The molecule has 0 atom stereocenters. The van der Waals surface area contributed by atoms with Gasteiger partial charge in [-0.25, -0.2) is 50.5 Å². The van der Waals surface area contributed by atoms with E-state index in [0.717, 1.165) is 29.3 Å². The molecule has 0 bridgehead atoms. The van der Waals surface area contributed by atoms with Gasteiger partial charge in [0, 0.05) is 84.4 Å². The highest BCUT2D eigenvalue weighted by Crippen LogP contribution is 2.25. The number of likely N-dealkylation sites (N-methyl/N-ethyl adjacent to an activating group) is 2. The Bertz CT molecular complexity index is 3930. The van der Waals surface area contributed by atoms with Gasteiger partial charge in [0.15, 0.2) is 59.0 Å². The van der Waals surface area contributed by atoms with Crippen LogP contribution in [0.25, 0.3) is 0 Å². The maximum atomic E-state index is 12.0. The van der Waals surface area contributed by atoms with Crippen LogP contribution < -0.4 is 29.9 Å². The summed E-state index contributed by atoms with van der Waals surface area (Å²) in [6.45, 7) is 50.4. The fraction of sp³-hybridized carbons (Fsp3) is 0.596. The molecule has 0 saturated carbocycles. The van der Waals surface area contributed by atoms with E-state index in [2.05, 4.69) is 93.7 Å². The van der Waals surface area contributed by atoms with Gasteiger partial charge in [-0.2, -0.15) is 0 Å². The van der Waals surface area contributed by atoms with Crippen LogP contribution in [0, 0.1) is 0 Å². The Morgan fingerprint density at radius 1 is 0.277 bits per heavy atom. The predicted octanol–water partition coefficient (Wildman–Crippen LogP) is 18.1. The second-order valence-electron chi connectivity index (χ2n) is 28.3. The molecule has 0 fully saturated rings. The van der Waals surface area contributed by atoms with Crippen LogP contribution in [0.5, 0.6) is 11.5 Å². The van der Waals surface area contributed by atoms with E-state index in [1.54, 1.807) is 226 Å². The summed E-state index contributed by atoms with van der Waals surface area (Å²) in [7, 11) is -10.5. The Labute approximate surface area is 723 Å². The molecule has 690 valence electrons. The van der Waals surface area contributed by atoms with E-state index in [0.29, 0.717) is 86.9 Å². The highest BCUT2D eigenvalue weighted by Gasteiger charge is 2.24. The minimum Gasteiger partial charge on any atom is -0.491 e. The van der Waals surface area contributed by atoms with Crippen LogP contribution >= 0.6 is 0 Å². The van der Waals surface area contributed by atoms with Gasteiger partial charge in [0.2, 0.25) is 0 Å². The monoisotopic (exact) mass is 1790 g/mol. The van der Waals surface area contributed by atoms with Crippen molar-refractivity contribution >= 4 is 81.8 Å². The number of nitrogens with one attached hydrogen (secondary N) is 2. The highest BCUT2D eigenvalue weighted by molar-refractivity contribution is 7.93. The third kappa shape index (κ3) is 53.3. The minimum atomic E-state index is -3.22. The van der Waals surface area contributed by atoms with E-state index in [1.807, 2.05) is 36.0 Å². The van der Waals surface area contributed by atoms with Crippen LogP contribution in [0.4, 0.5) is 22.7 Å². The zero-order valence-electron chi connectivity index (χ0n) is 77.7. The summed E-state index contributed by atoms with van der Waals surface area (Å²) in [4.78, 5) is 5.92. The van der Waals surface area contributed by atoms with Crippen LogP contribution in [0.2, 0.25) is 0 Å². The molecule has 24 nitrogen and oxygen atoms in total. The number of hydrogen-bond acceptors (Lipinski definition) is 24. The molecule has 0 aliphatic carbocycles. The molecule has 6 rings (SSSR count). The van der Waals surface area contributed by atoms with Crippen molar-refractivity contribution in [3.8, 4) is 11.5 Å². The molecular formula is C89H158N4O20S6. The zero-order chi connectivity index (χ0) is 93.2. The Balaban J connectivity index is -0.000000309. The summed E-state index contributed by atoms with van der Waals surface area (Å²) >= 11 is 0. The normalized spacial score (nSPS) is 10.9. The average molecular weight is 1800 g/mol. The number of benzene rings is 6. The molecule has 30 heteroatoms. The average Bonchev–Trinajstić information content (AvgIpc) is 0.833. The highest BCUT2D eigenvalue weighted by atomic mass is 32.2. The van der Waals surface area contributed by atoms with E-state index in [9.17, 15) is 50.5 Å². The standard InChI is InChI=1S/C13H21NO3S.2C12H19NO3S.C12H18O4S.C11H17NO3S.C11H16O4S.6C3H8/c1-11(2)18(15,16)13-7-5-12(6-8-13)14(3)9-10-17-4;1-10(2)17(14,15)12-6-4-11(5-7-12)13-8-9-16-3;1-10(2)17(15,16)12-6-4-11(5-7-12)13(3)8-9-14;1-10(2)17(13,14)12-6-4-11(5-7-12)16-9-8-15-3;1-9(2)16(14,15)11-5-3-10(4-6-11)12-7-8-13;1-9(2)16(13,14)11-5-3-10(4-6-11)15-8-7-12;6*1-3-2/h5-8,11H,9-10H2,1-4H3;4-7,10,13H,8-9H2,1-3H3;4-7,10,14H,8-9H2,1-3H3;4-7,10H,8-9H2,1-3H3;3-6,9,12-13H,7-8H2,1-2H3;3-6,9,12H,7-8H2,1-2H3;6*3H2,1-2H3. The number of rotatable bonds is 33. The summed E-state index contributed by atoms with van der Waals surface area (Å²) in [5, 5.41) is 29.6. The van der Waals surface area contributed by atoms with Crippen molar-refractivity contribution in [1.29, 1.82) is 0 Å². The molecule has 5 N–H and O–H groups in total. The predicted molar refractivity (Wildman–Crippen MR) is 500 cm³/mol. The molecule has 0 heterocycles.